The first-order chi connectivity index (χ1) is 12.7. The van der Waals surface area contributed by atoms with Crippen LogP contribution in [0.4, 0.5) is 18.9 Å². The number of anilines is 1. The summed E-state index contributed by atoms with van der Waals surface area (Å²) in [6.07, 6.45) is -4.81. The number of benzene rings is 2. The van der Waals surface area contributed by atoms with Crippen molar-refractivity contribution >= 4 is 41.5 Å². The molecule has 2 aromatic rings. The van der Waals surface area contributed by atoms with Gasteiger partial charge in [0.25, 0.3) is 5.91 Å². The lowest BCUT2D eigenvalue weighted by molar-refractivity contribution is -0.274. The minimum atomic E-state index is -4.81. The van der Waals surface area contributed by atoms with E-state index in [1.165, 1.54) is 23.1 Å². The molecule has 0 unspecified atom stereocenters. The van der Waals surface area contributed by atoms with Crippen LogP contribution in [-0.4, -0.2) is 37.2 Å². The molecule has 0 saturated heterocycles. The highest BCUT2D eigenvalue weighted by Gasteiger charge is 2.32. The second-order valence-electron chi connectivity index (χ2n) is 5.77. The summed E-state index contributed by atoms with van der Waals surface area (Å²) in [5.41, 5.74) is 7.12. The fraction of sp³-hybridized carbons (Fsp3) is 0.222. The molecule has 0 aromatic heterocycles. The Morgan fingerprint density at radius 3 is 2.32 bits per heavy atom. The molecule has 0 saturated carbocycles. The third-order valence-electron chi connectivity index (χ3n) is 3.41. The third kappa shape index (κ3) is 7.25. The zero-order chi connectivity index (χ0) is 20.0. The van der Waals surface area contributed by atoms with Crippen LogP contribution in [0.25, 0.3) is 0 Å². The maximum Gasteiger partial charge on any atom is 0.573 e. The predicted molar refractivity (Wildman–Crippen MR) is 112 cm³/mol. The Bertz CT molecular complexity index is 824. The molecule has 0 heterocycles. The quantitative estimate of drug-likeness (QED) is 0.366. The molecule has 28 heavy (non-hydrogen) atoms. The van der Waals surface area contributed by atoms with Gasteiger partial charge in [-0.15, -0.1) is 37.1 Å². The number of para-hydroxylation sites is 2. The van der Waals surface area contributed by atoms with Gasteiger partial charge >= 0.3 is 6.36 Å². The molecule has 0 radical (unpaired) electrons. The Morgan fingerprint density at radius 1 is 1.14 bits per heavy atom. The summed E-state index contributed by atoms with van der Waals surface area (Å²) >= 11 is 0. The van der Waals surface area contributed by atoms with Gasteiger partial charge in [-0.3, -0.25) is 4.79 Å². The van der Waals surface area contributed by atoms with Gasteiger partial charge in [-0.2, -0.15) is 0 Å². The van der Waals surface area contributed by atoms with Gasteiger partial charge in [0.05, 0.1) is 12.2 Å². The largest absolute Gasteiger partial charge is 0.573 e. The normalized spacial score (nSPS) is 11.4. The molecule has 0 fully saturated rings. The number of carbonyl (C=O) groups excluding carboxylic acids is 1. The van der Waals surface area contributed by atoms with Crippen LogP contribution in [0, 0.1) is 0 Å². The lowest BCUT2D eigenvalue weighted by Gasteiger charge is -2.14. The molecule has 0 bridgehead atoms. The summed E-state index contributed by atoms with van der Waals surface area (Å²) in [7, 11) is 3.32. The van der Waals surface area contributed by atoms with E-state index in [2.05, 4.69) is 15.0 Å². The first-order valence-electron chi connectivity index (χ1n) is 7.88. The molecule has 0 aliphatic carbocycles. The molecular weight excluding hydrogens is 488 g/mol. The fourth-order valence-electron chi connectivity index (χ4n) is 2.15. The molecule has 6 nitrogen and oxygen atoms in total. The van der Waals surface area contributed by atoms with Crippen LogP contribution < -0.4 is 15.8 Å². The Kier molecular flexibility index (Phi) is 8.54. The van der Waals surface area contributed by atoms with Gasteiger partial charge in [0.1, 0.15) is 0 Å². The van der Waals surface area contributed by atoms with Crippen LogP contribution in [0.1, 0.15) is 15.9 Å². The van der Waals surface area contributed by atoms with Crippen molar-refractivity contribution in [2.24, 2.45) is 10.7 Å². The van der Waals surface area contributed by atoms with Crippen molar-refractivity contribution in [1.29, 1.82) is 0 Å². The Labute approximate surface area is 177 Å². The van der Waals surface area contributed by atoms with Crippen LogP contribution in [0.15, 0.2) is 53.5 Å². The first-order valence-corrected chi connectivity index (χ1v) is 7.88. The molecule has 2 rings (SSSR count). The third-order valence-corrected chi connectivity index (χ3v) is 3.41. The molecule has 0 aliphatic heterocycles. The number of nitrogens with zero attached hydrogens (tertiary/aromatic N) is 2. The highest BCUT2D eigenvalue weighted by atomic mass is 127. The number of alkyl halides is 3. The second kappa shape index (κ2) is 10.2. The summed E-state index contributed by atoms with van der Waals surface area (Å²) in [4.78, 5) is 17.4. The van der Waals surface area contributed by atoms with Crippen molar-refractivity contribution in [3.05, 3.63) is 59.7 Å². The van der Waals surface area contributed by atoms with Gasteiger partial charge in [-0.05, 0) is 29.8 Å². The van der Waals surface area contributed by atoms with Crippen molar-refractivity contribution in [2.75, 3.05) is 19.4 Å². The topological polar surface area (TPSA) is 80.0 Å². The molecule has 10 heteroatoms. The van der Waals surface area contributed by atoms with Gasteiger partial charge in [0.2, 0.25) is 0 Å². The minimum Gasteiger partial charge on any atom is -0.404 e. The van der Waals surface area contributed by atoms with Crippen LogP contribution in [0.2, 0.25) is 0 Å². The zero-order valence-electron chi connectivity index (χ0n) is 15.2. The number of nitrogens with one attached hydrogen (secondary N) is 1. The van der Waals surface area contributed by atoms with E-state index in [4.69, 9.17) is 5.73 Å². The highest BCUT2D eigenvalue weighted by molar-refractivity contribution is 14.0. The van der Waals surface area contributed by atoms with Gasteiger partial charge in [0, 0.05) is 19.7 Å². The van der Waals surface area contributed by atoms with E-state index in [1.807, 2.05) is 0 Å². The molecule has 0 atom stereocenters. The summed E-state index contributed by atoms with van der Waals surface area (Å²) < 4.78 is 41.2. The first kappa shape index (κ1) is 23.5. The number of hydrogen-bond acceptors (Lipinski definition) is 3. The van der Waals surface area contributed by atoms with E-state index in [0.29, 0.717) is 5.56 Å². The van der Waals surface area contributed by atoms with E-state index < -0.39 is 12.1 Å². The van der Waals surface area contributed by atoms with Crippen molar-refractivity contribution in [2.45, 2.75) is 12.9 Å². The van der Waals surface area contributed by atoms with Gasteiger partial charge in [0.15, 0.2) is 11.7 Å². The van der Waals surface area contributed by atoms with Gasteiger partial charge in [-0.25, -0.2) is 4.99 Å². The standard InChI is InChI=1S/C18H19F3N4O2.HI/c1-25(2)16(26)13-9-7-12(8-10-13)11-23-17(22)24-14-5-3-4-6-15(14)27-18(19,20)21;/h3-10H,11H2,1-2H3,(H3,22,23,24);1H. The highest BCUT2D eigenvalue weighted by Crippen LogP contribution is 2.29. The number of aliphatic imine (C=N–C) groups is 1. The number of amides is 1. The van der Waals surface area contributed by atoms with Crippen LogP contribution in [0.3, 0.4) is 0 Å². The number of rotatable bonds is 5. The SMILES string of the molecule is CN(C)C(=O)c1ccc(CN=C(N)Nc2ccccc2OC(F)(F)F)cc1.I. The second-order valence-corrected chi connectivity index (χ2v) is 5.77. The van der Waals surface area contributed by atoms with E-state index in [0.717, 1.165) is 5.56 Å². The van der Waals surface area contributed by atoms with Crippen LogP contribution in [-0.2, 0) is 6.54 Å². The van der Waals surface area contributed by atoms with E-state index in [-0.39, 0.29) is 48.1 Å². The molecule has 3 N–H and O–H groups in total. The zero-order valence-corrected chi connectivity index (χ0v) is 17.5. The molecule has 0 spiro atoms. The smallest absolute Gasteiger partial charge is 0.404 e. The molecular formula is C18H20F3IN4O2. The van der Waals surface area contributed by atoms with Crippen molar-refractivity contribution in [3.63, 3.8) is 0 Å². The number of guanidine groups is 1. The lowest BCUT2D eigenvalue weighted by Crippen LogP contribution is -2.24. The van der Waals surface area contributed by atoms with E-state index in [9.17, 15) is 18.0 Å². The van der Waals surface area contributed by atoms with Crippen LogP contribution in [0.5, 0.6) is 5.75 Å². The maximum absolute atomic E-state index is 12.4. The minimum absolute atomic E-state index is 0. The van der Waals surface area contributed by atoms with Crippen LogP contribution >= 0.6 is 24.0 Å². The average molecular weight is 508 g/mol. The summed E-state index contributed by atoms with van der Waals surface area (Å²) in [6.45, 7) is 0.192. The molecule has 152 valence electrons. The Morgan fingerprint density at radius 2 is 1.75 bits per heavy atom. The lowest BCUT2D eigenvalue weighted by atomic mass is 10.1. The van der Waals surface area contributed by atoms with Crippen molar-refractivity contribution < 1.29 is 22.7 Å². The molecule has 1 amide bonds. The number of ether oxygens (including phenoxy) is 1. The molecule has 2 aromatic carbocycles. The summed E-state index contributed by atoms with van der Waals surface area (Å²) in [6, 6.07) is 12.3. The number of carbonyl (C=O) groups is 1. The van der Waals surface area contributed by atoms with Gasteiger partial charge < -0.3 is 20.7 Å². The Balaban J connectivity index is 0.00000392. The average Bonchev–Trinajstić information content (AvgIpc) is 2.60. The monoisotopic (exact) mass is 508 g/mol. The van der Waals surface area contributed by atoms with E-state index >= 15 is 0 Å². The fourth-order valence-corrected chi connectivity index (χ4v) is 2.15. The number of halogens is 4. The van der Waals surface area contributed by atoms with E-state index in [1.54, 1.807) is 44.4 Å². The number of hydrogen-bond donors (Lipinski definition) is 2. The number of nitrogens with two attached hydrogens (primary N) is 1. The molecule has 0 aliphatic rings. The predicted octanol–water partition coefficient (Wildman–Crippen LogP) is 3.83. The van der Waals surface area contributed by atoms with Gasteiger partial charge in [-0.1, -0.05) is 24.3 Å². The summed E-state index contributed by atoms with van der Waals surface area (Å²) in [5.74, 6) is -0.594. The maximum atomic E-state index is 12.4. The Hall–Kier alpha value is -2.50. The van der Waals surface area contributed by atoms with Crippen molar-refractivity contribution in [3.8, 4) is 5.75 Å². The van der Waals surface area contributed by atoms with Crippen molar-refractivity contribution in [1.82, 2.24) is 4.90 Å². The summed E-state index contributed by atoms with van der Waals surface area (Å²) in [5, 5.41) is 2.59.